The van der Waals surface area contributed by atoms with Crippen LogP contribution in [0.4, 0.5) is 8.78 Å². The number of carbonyl (C=O) groups excluding carboxylic acids is 1. The first-order valence-electron chi connectivity index (χ1n) is 11.3. The summed E-state index contributed by atoms with van der Waals surface area (Å²) in [5, 5.41) is 4.08. The molecule has 0 N–H and O–H groups in total. The Morgan fingerprint density at radius 2 is 1.71 bits per heavy atom. The molecule has 5 rings (SSSR count). The number of benzene rings is 2. The lowest BCUT2D eigenvalue weighted by molar-refractivity contribution is 0.0630. The van der Waals surface area contributed by atoms with Crippen molar-refractivity contribution in [1.29, 1.82) is 0 Å². The van der Waals surface area contributed by atoms with Crippen molar-refractivity contribution in [3.05, 3.63) is 89.2 Å². The van der Waals surface area contributed by atoms with Gasteiger partial charge in [-0.1, -0.05) is 60.2 Å². The summed E-state index contributed by atoms with van der Waals surface area (Å²) >= 11 is 0. The Bertz CT molecular complexity index is 1300. The van der Waals surface area contributed by atoms with Gasteiger partial charge in [-0.15, -0.1) is 0 Å². The van der Waals surface area contributed by atoms with Gasteiger partial charge in [0.05, 0.1) is 11.9 Å². The van der Waals surface area contributed by atoms with Gasteiger partial charge >= 0.3 is 0 Å². The second-order valence-corrected chi connectivity index (χ2v) is 8.58. The number of hydrogen-bond acceptors (Lipinski definition) is 4. The Hall–Kier alpha value is -3.65. The van der Waals surface area contributed by atoms with Crippen LogP contribution in [0.25, 0.3) is 16.9 Å². The smallest absolute Gasteiger partial charge is 0.280 e. The third-order valence-corrected chi connectivity index (χ3v) is 6.21. The van der Waals surface area contributed by atoms with Crippen LogP contribution in [0, 0.1) is 6.92 Å². The number of rotatable bonds is 5. The van der Waals surface area contributed by atoms with Gasteiger partial charge in [0.15, 0.2) is 5.65 Å². The second-order valence-electron chi connectivity index (χ2n) is 8.58. The summed E-state index contributed by atoms with van der Waals surface area (Å²) in [7, 11) is 0. The number of halogens is 2. The van der Waals surface area contributed by atoms with Gasteiger partial charge in [-0.3, -0.25) is 9.69 Å². The fourth-order valence-electron chi connectivity index (χ4n) is 4.28. The molecule has 3 heterocycles. The van der Waals surface area contributed by atoms with Crippen LogP contribution in [0.3, 0.4) is 0 Å². The van der Waals surface area contributed by atoms with Gasteiger partial charge < -0.3 is 4.90 Å². The molecule has 0 radical (unpaired) electrons. The number of aryl methyl sites for hydroxylation is 1. The molecule has 174 valence electrons. The maximum atomic E-state index is 13.8. The van der Waals surface area contributed by atoms with E-state index in [4.69, 9.17) is 0 Å². The van der Waals surface area contributed by atoms with Crippen LogP contribution in [0.1, 0.15) is 33.6 Å². The van der Waals surface area contributed by atoms with Crippen molar-refractivity contribution in [3.8, 4) is 11.3 Å². The van der Waals surface area contributed by atoms with E-state index in [-0.39, 0.29) is 22.8 Å². The SMILES string of the molecule is Cc1ccc(CN2CCN(C(=O)c3cnn4c(C(F)F)cc(-c5ccccc5)nc34)CC2)cc1. The first-order valence-corrected chi connectivity index (χ1v) is 11.3. The lowest BCUT2D eigenvalue weighted by Gasteiger charge is -2.34. The van der Waals surface area contributed by atoms with E-state index in [1.54, 1.807) is 17.0 Å². The predicted molar refractivity (Wildman–Crippen MR) is 126 cm³/mol. The molecule has 0 bridgehead atoms. The van der Waals surface area contributed by atoms with Crippen LogP contribution in [-0.2, 0) is 6.54 Å². The van der Waals surface area contributed by atoms with Gasteiger partial charge in [0.1, 0.15) is 11.3 Å². The molecule has 1 aliphatic rings. The Labute approximate surface area is 196 Å². The maximum Gasteiger partial charge on any atom is 0.280 e. The molecule has 1 amide bonds. The molecular weight excluding hydrogens is 436 g/mol. The number of amides is 1. The Kier molecular flexibility index (Phi) is 6.06. The Morgan fingerprint density at radius 3 is 2.38 bits per heavy atom. The fraction of sp³-hybridized carbons (Fsp3) is 0.269. The van der Waals surface area contributed by atoms with Crippen molar-refractivity contribution < 1.29 is 13.6 Å². The molecule has 0 aliphatic carbocycles. The van der Waals surface area contributed by atoms with Gasteiger partial charge in [-0.2, -0.15) is 5.10 Å². The third-order valence-electron chi connectivity index (χ3n) is 6.21. The van der Waals surface area contributed by atoms with Gasteiger partial charge in [-0.05, 0) is 18.6 Å². The van der Waals surface area contributed by atoms with E-state index >= 15 is 0 Å². The molecule has 0 unspecified atom stereocenters. The number of alkyl halides is 2. The minimum absolute atomic E-state index is 0.156. The molecule has 0 saturated carbocycles. The molecule has 0 spiro atoms. The van der Waals surface area contributed by atoms with Crippen molar-refractivity contribution in [2.45, 2.75) is 19.9 Å². The number of fused-ring (bicyclic) bond motifs is 1. The average Bonchev–Trinajstić information content (AvgIpc) is 3.29. The maximum absolute atomic E-state index is 13.8. The molecule has 8 heteroatoms. The number of piperazine rings is 1. The first-order chi connectivity index (χ1) is 16.5. The second kappa shape index (κ2) is 9.30. The highest BCUT2D eigenvalue weighted by atomic mass is 19.3. The van der Waals surface area contributed by atoms with Crippen LogP contribution >= 0.6 is 0 Å². The summed E-state index contributed by atoms with van der Waals surface area (Å²) in [5.41, 5.74) is 3.68. The van der Waals surface area contributed by atoms with Crippen molar-refractivity contribution in [3.63, 3.8) is 0 Å². The molecule has 2 aromatic heterocycles. The highest BCUT2D eigenvalue weighted by molar-refractivity contribution is 6.00. The quantitative estimate of drug-likeness (QED) is 0.436. The van der Waals surface area contributed by atoms with Crippen LogP contribution in [0.5, 0.6) is 0 Å². The highest BCUT2D eigenvalue weighted by Gasteiger charge is 2.27. The summed E-state index contributed by atoms with van der Waals surface area (Å²) < 4.78 is 28.7. The molecule has 2 aromatic carbocycles. The minimum Gasteiger partial charge on any atom is -0.336 e. The first kappa shape index (κ1) is 22.2. The summed E-state index contributed by atoms with van der Waals surface area (Å²) in [6.07, 6.45) is -1.40. The summed E-state index contributed by atoms with van der Waals surface area (Å²) in [6.45, 7) is 5.49. The largest absolute Gasteiger partial charge is 0.336 e. The highest BCUT2D eigenvalue weighted by Crippen LogP contribution is 2.27. The lowest BCUT2D eigenvalue weighted by atomic mass is 10.1. The number of carbonyl (C=O) groups is 1. The number of hydrogen-bond donors (Lipinski definition) is 0. The predicted octanol–water partition coefficient (Wildman–Crippen LogP) is 4.60. The fourth-order valence-corrected chi connectivity index (χ4v) is 4.28. The average molecular weight is 462 g/mol. The Morgan fingerprint density at radius 1 is 1.00 bits per heavy atom. The Balaban J connectivity index is 1.37. The zero-order chi connectivity index (χ0) is 23.7. The molecule has 34 heavy (non-hydrogen) atoms. The monoisotopic (exact) mass is 461 g/mol. The summed E-state index contributed by atoms with van der Waals surface area (Å²) in [6, 6.07) is 18.9. The molecule has 1 fully saturated rings. The molecule has 6 nitrogen and oxygen atoms in total. The van der Waals surface area contributed by atoms with E-state index in [9.17, 15) is 13.6 Å². The van der Waals surface area contributed by atoms with Crippen molar-refractivity contribution in [2.75, 3.05) is 26.2 Å². The lowest BCUT2D eigenvalue weighted by Crippen LogP contribution is -2.48. The number of aromatic nitrogens is 3. The zero-order valence-corrected chi connectivity index (χ0v) is 18.9. The molecule has 4 aromatic rings. The summed E-state index contributed by atoms with van der Waals surface area (Å²) in [5.74, 6) is -0.233. The molecule has 0 atom stereocenters. The van der Waals surface area contributed by atoms with Gasteiger partial charge in [-0.25, -0.2) is 18.3 Å². The van der Waals surface area contributed by atoms with E-state index in [0.29, 0.717) is 24.3 Å². The van der Waals surface area contributed by atoms with Crippen LogP contribution in [0.2, 0.25) is 0 Å². The summed E-state index contributed by atoms with van der Waals surface area (Å²) in [4.78, 5) is 21.9. The van der Waals surface area contributed by atoms with E-state index in [1.807, 2.05) is 18.2 Å². The van der Waals surface area contributed by atoms with E-state index in [2.05, 4.69) is 46.2 Å². The van der Waals surface area contributed by atoms with Gasteiger partial charge in [0, 0.05) is 38.3 Å². The van der Waals surface area contributed by atoms with Gasteiger partial charge in [0.2, 0.25) is 0 Å². The van der Waals surface area contributed by atoms with Crippen molar-refractivity contribution >= 4 is 11.6 Å². The van der Waals surface area contributed by atoms with Crippen LogP contribution in [-0.4, -0.2) is 56.5 Å². The number of nitrogens with zero attached hydrogens (tertiary/aromatic N) is 5. The van der Waals surface area contributed by atoms with Gasteiger partial charge in [0.25, 0.3) is 12.3 Å². The minimum atomic E-state index is -2.75. The normalized spacial score (nSPS) is 14.8. The van der Waals surface area contributed by atoms with Crippen molar-refractivity contribution in [2.24, 2.45) is 0 Å². The third kappa shape index (κ3) is 4.41. The van der Waals surface area contributed by atoms with E-state index in [1.165, 1.54) is 23.4 Å². The van der Waals surface area contributed by atoms with Crippen LogP contribution in [0.15, 0.2) is 66.9 Å². The topological polar surface area (TPSA) is 53.7 Å². The van der Waals surface area contributed by atoms with Crippen molar-refractivity contribution in [1.82, 2.24) is 24.4 Å². The molecule has 1 aliphatic heterocycles. The zero-order valence-electron chi connectivity index (χ0n) is 18.9. The standard InChI is InChI=1S/C26H25F2N5O/c1-18-7-9-19(10-8-18)17-31-11-13-32(14-12-31)26(34)21-16-29-33-23(24(27)28)15-22(30-25(21)33)20-5-3-2-4-6-20/h2-10,15-16,24H,11-14,17H2,1H3. The van der Waals surface area contributed by atoms with E-state index < -0.39 is 6.43 Å². The molecular formula is C26H25F2N5O. The van der Waals surface area contributed by atoms with E-state index in [0.717, 1.165) is 24.1 Å². The molecule has 1 saturated heterocycles. The van der Waals surface area contributed by atoms with Crippen LogP contribution < -0.4 is 0 Å².